The Hall–Kier alpha value is -3.99. The van der Waals surface area contributed by atoms with Crippen LogP contribution in [0, 0.1) is 0 Å². The van der Waals surface area contributed by atoms with Crippen molar-refractivity contribution in [3.8, 4) is 0 Å². The lowest BCUT2D eigenvalue weighted by Gasteiger charge is -2.44. The zero-order valence-electron chi connectivity index (χ0n) is 28.8. The number of rotatable bonds is 17. The van der Waals surface area contributed by atoms with Gasteiger partial charge in [-0.2, -0.15) is 158 Å². The summed E-state index contributed by atoms with van der Waals surface area (Å²) in [4.78, 5) is 0. The summed E-state index contributed by atoms with van der Waals surface area (Å²) in [6.45, 7) is 0. The van der Waals surface area contributed by atoms with Gasteiger partial charge in [0.1, 0.15) is 0 Å². The minimum Gasteiger partial charge on any atom is -0.423 e. The Labute approximate surface area is 335 Å². The van der Waals surface area contributed by atoms with Crippen LogP contribution in [0.1, 0.15) is 0 Å². The lowest BCUT2D eigenvalue weighted by atomic mass is 9.88. The molecule has 0 aromatic rings. The molecule has 0 amide bonds. The lowest BCUT2D eigenvalue weighted by Crippen LogP contribution is -2.76. The van der Waals surface area contributed by atoms with Crippen molar-refractivity contribution < 1.29 is 181 Å². The Bertz CT molecular complexity index is 1980. The predicted octanol–water partition coefficient (Wildman–Crippen LogP) is 12.4. The fourth-order valence-electron chi connectivity index (χ4n) is 4.03. The van der Waals surface area contributed by atoms with Crippen molar-refractivity contribution >= 4 is 0 Å². The number of alkyl halides is 35. The molecule has 0 fully saturated rings. The lowest BCUT2D eigenvalue weighted by molar-refractivity contribution is -0.487. The molecule has 0 heterocycles. The van der Waals surface area contributed by atoms with E-state index in [0.717, 1.165) is 0 Å². The monoisotopic (exact) mass is 1090 g/mol. The van der Waals surface area contributed by atoms with E-state index in [9.17, 15) is 171 Å². The number of ether oxygens (including phenoxy) is 2. The first kappa shape index (κ1) is 61.0. The van der Waals surface area contributed by atoms with Gasteiger partial charge < -0.3 is 10.5 Å². The summed E-state index contributed by atoms with van der Waals surface area (Å²) in [6, 6.07) is -5.11. The Balaban J connectivity index is 4.06. The summed E-state index contributed by atoms with van der Waals surface area (Å²) in [5, 5.41) is 0. The molecule has 0 saturated heterocycles. The normalized spacial score (nSPS) is 21.3. The average Bonchev–Trinajstić information content (AvgIpc) is 3.12. The van der Waals surface area contributed by atoms with Gasteiger partial charge in [-0.05, 0) is 0 Å². The number of nitrogens with two attached hydrogens (primary N) is 2. The van der Waals surface area contributed by atoms with Crippen molar-refractivity contribution in [2.45, 2.75) is 107 Å². The van der Waals surface area contributed by atoms with E-state index in [4.69, 9.17) is 0 Å². The predicted molar refractivity (Wildman–Crippen MR) is 125 cm³/mol. The molecule has 0 aromatic carbocycles. The second kappa shape index (κ2) is 15.8. The third-order valence-electron chi connectivity index (χ3n) is 8.00. The van der Waals surface area contributed by atoms with E-state index in [1.165, 1.54) is 0 Å². The maximum atomic E-state index is 15.0. The highest BCUT2D eigenvalue weighted by Crippen LogP contribution is 2.67. The van der Waals surface area contributed by atoms with Crippen LogP contribution in [0.2, 0.25) is 0 Å². The zero-order chi connectivity index (χ0) is 55.0. The summed E-state index contributed by atoms with van der Waals surface area (Å²) < 4.78 is 535. The van der Waals surface area contributed by atoms with Gasteiger partial charge in [0, 0.05) is 0 Å². The van der Waals surface area contributed by atoms with Crippen molar-refractivity contribution in [2.24, 2.45) is 11.5 Å². The Morgan fingerprint density at radius 1 is 0.418 bits per heavy atom. The fraction of sp³-hybridized carbons (Fsp3) is 0.750. The van der Waals surface area contributed by atoms with Crippen LogP contribution in [0.3, 0.4) is 0 Å². The molecule has 396 valence electrons. The average molecular weight is 1090 g/mol. The molecule has 2 atom stereocenters. The first-order valence-corrected chi connectivity index (χ1v) is 14.4. The Morgan fingerprint density at radius 3 is 0.955 bits per heavy atom. The summed E-state index contributed by atoms with van der Waals surface area (Å²) >= 11 is 0. The smallest absolute Gasteiger partial charge is 0.423 e. The molecular weight excluding hydrogens is 1090 g/mol. The van der Waals surface area contributed by atoms with E-state index in [0.29, 0.717) is 0 Å². The van der Waals surface area contributed by atoms with Gasteiger partial charge in [-0.15, -0.1) is 0 Å². The SMILES string of the molecule is NC1=C(F)C(OC(F)=C(F)C(F)(F)C(F)(F)C(F)(F)C(F)(F)C(F)(F)C(F)(F)C(F)(F)F)=C(F)C(N)(OC(F)(F)C(F)(F)C(F)(F)C(F)(F)C(F)(F)C(F)(F)C(F)(F)C(F)(F)C(F)(F)F)C1F. The summed E-state index contributed by atoms with van der Waals surface area (Å²) in [6.07, 6.45) is -30.5. The standard InChI is InChI=1S/C24H5F39N2O2/c25-1-2(64)4(26)8(65,67-24(62,63)21(54,55)18(48,49)15(42,43)13(38,39)14(40,41)17(46,47)20(52,53)23(59,60)61)5(27)3(1)66-7(29)6(28)9(30,31)10(32,33)11(34,35)12(36,37)16(44,45)19(50,51)22(56,57)58/h4H,64-65H2. The van der Waals surface area contributed by atoms with Crippen molar-refractivity contribution in [3.63, 3.8) is 0 Å². The van der Waals surface area contributed by atoms with E-state index >= 15 is 0 Å². The summed E-state index contributed by atoms with van der Waals surface area (Å²) in [5.74, 6) is -138. The van der Waals surface area contributed by atoms with Crippen LogP contribution in [-0.2, 0) is 9.47 Å². The van der Waals surface area contributed by atoms with Crippen molar-refractivity contribution in [1.29, 1.82) is 0 Å². The molecule has 43 heteroatoms. The molecule has 0 bridgehead atoms. The first-order valence-electron chi connectivity index (χ1n) is 14.4. The third-order valence-corrected chi connectivity index (χ3v) is 8.00. The molecule has 1 aliphatic carbocycles. The Morgan fingerprint density at radius 2 is 0.672 bits per heavy atom. The molecule has 0 saturated carbocycles. The number of hydrogen-bond donors (Lipinski definition) is 2. The molecule has 1 rings (SSSR count). The molecule has 1 aliphatic rings. The third kappa shape index (κ3) is 7.73. The number of hydrogen-bond acceptors (Lipinski definition) is 4. The highest BCUT2D eigenvalue weighted by molar-refractivity contribution is 5.41. The van der Waals surface area contributed by atoms with E-state index in [1.807, 2.05) is 4.74 Å². The van der Waals surface area contributed by atoms with Gasteiger partial charge in [-0.3, -0.25) is 10.5 Å². The van der Waals surface area contributed by atoms with Crippen LogP contribution >= 0.6 is 0 Å². The van der Waals surface area contributed by atoms with Gasteiger partial charge in [-0.25, -0.2) is 13.2 Å². The maximum Gasteiger partial charge on any atom is 0.460 e. The van der Waals surface area contributed by atoms with Crippen LogP contribution in [-0.4, -0.2) is 107 Å². The molecule has 0 radical (unpaired) electrons. The van der Waals surface area contributed by atoms with E-state index in [1.54, 1.807) is 0 Å². The maximum absolute atomic E-state index is 15.0. The van der Waals surface area contributed by atoms with E-state index in [-0.39, 0.29) is 0 Å². The van der Waals surface area contributed by atoms with Crippen LogP contribution in [0.15, 0.2) is 34.9 Å². The molecule has 67 heavy (non-hydrogen) atoms. The molecule has 0 aliphatic heterocycles. The largest absolute Gasteiger partial charge is 0.460 e. The number of halogens is 39. The molecule has 4 nitrogen and oxygen atoms in total. The molecule has 4 N–H and O–H groups in total. The number of allylic oxidation sites excluding steroid dienone is 2. The van der Waals surface area contributed by atoms with Crippen molar-refractivity contribution in [3.05, 3.63) is 34.9 Å². The topological polar surface area (TPSA) is 70.5 Å². The van der Waals surface area contributed by atoms with Gasteiger partial charge in [-0.1, -0.05) is 0 Å². The molecular formula is C24H5F39N2O2. The second-order valence-corrected chi connectivity index (χ2v) is 12.3. The fourth-order valence-corrected chi connectivity index (χ4v) is 4.03. The summed E-state index contributed by atoms with van der Waals surface area (Å²) in [5.41, 5.74) is -1.30. The summed E-state index contributed by atoms with van der Waals surface area (Å²) in [7, 11) is 0. The first-order chi connectivity index (χ1) is 28.5. The Kier molecular flexibility index (Phi) is 14.4. The molecule has 0 aromatic heterocycles. The van der Waals surface area contributed by atoms with E-state index < -0.39 is 142 Å². The molecule has 2 unspecified atom stereocenters. The van der Waals surface area contributed by atoms with Crippen molar-refractivity contribution in [2.75, 3.05) is 0 Å². The highest BCUT2D eigenvalue weighted by atomic mass is 19.4. The quantitative estimate of drug-likeness (QED) is 0.0865. The van der Waals surface area contributed by atoms with Crippen LogP contribution < -0.4 is 11.5 Å². The van der Waals surface area contributed by atoms with Gasteiger partial charge in [0.15, 0.2) is 17.8 Å². The van der Waals surface area contributed by atoms with Crippen LogP contribution in [0.4, 0.5) is 171 Å². The van der Waals surface area contributed by atoms with Gasteiger partial charge in [0.05, 0.1) is 5.70 Å². The van der Waals surface area contributed by atoms with Gasteiger partial charge in [0.25, 0.3) is 0 Å². The van der Waals surface area contributed by atoms with Crippen LogP contribution in [0.25, 0.3) is 0 Å². The zero-order valence-corrected chi connectivity index (χ0v) is 28.8. The molecule has 0 spiro atoms. The highest BCUT2D eigenvalue weighted by Gasteiger charge is 2.98. The van der Waals surface area contributed by atoms with E-state index in [2.05, 4.69) is 16.2 Å². The van der Waals surface area contributed by atoms with Gasteiger partial charge >= 0.3 is 101 Å². The minimum absolute atomic E-state index is 2.05. The second-order valence-electron chi connectivity index (χ2n) is 12.3. The van der Waals surface area contributed by atoms with Crippen LogP contribution in [0.5, 0.6) is 0 Å². The van der Waals surface area contributed by atoms with Gasteiger partial charge in [0.2, 0.25) is 17.3 Å². The van der Waals surface area contributed by atoms with Crippen molar-refractivity contribution in [1.82, 2.24) is 0 Å². The minimum atomic E-state index is -9.71.